The number of ether oxygens (including phenoxy) is 3. The second-order valence-corrected chi connectivity index (χ2v) is 11.7. The quantitative estimate of drug-likeness (QED) is 0.252. The normalized spacial score (nSPS) is 16.3. The zero-order valence-electron chi connectivity index (χ0n) is 21.0. The van der Waals surface area contributed by atoms with Crippen molar-refractivity contribution in [2.24, 2.45) is 0 Å². The van der Waals surface area contributed by atoms with Crippen LogP contribution in [0.4, 0.5) is 16.2 Å². The van der Waals surface area contributed by atoms with Gasteiger partial charge in [0.25, 0.3) is 0 Å². The van der Waals surface area contributed by atoms with Crippen molar-refractivity contribution < 1.29 is 28.6 Å². The van der Waals surface area contributed by atoms with Crippen molar-refractivity contribution in [3.63, 3.8) is 0 Å². The first-order valence-electron chi connectivity index (χ1n) is 11.1. The molecule has 0 radical (unpaired) electrons. The van der Waals surface area contributed by atoms with Gasteiger partial charge in [-0.25, -0.2) is 14.4 Å². The summed E-state index contributed by atoms with van der Waals surface area (Å²) in [5.41, 5.74) is 1.34. The smallest absolute Gasteiger partial charge is 0.346 e. The number of rotatable bonds is 4. The molecule has 198 valence electrons. The molecular formula is C26H23ClN2O6S3. The van der Waals surface area contributed by atoms with E-state index < -0.39 is 23.5 Å². The number of benzene rings is 2. The number of anilines is 2. The van der Waals surface area contributed by atoms with Crippen molar-refractivity contribution in [1.29, 1.82) is 0 Å². The summed E-state index contributed by atoms with van der Waals surface area (Å²) in [6, 6.07) is 11.7. The molecule has 0 saturated heterocycles. The molecule has 38 heavy (non-hydrogen) atoms. The van der Waals surface area contributed by atoms with Crippen LogP contribution in [0.3, 0.4) is 0 Å². The number of nitrogens with one attached hydrogen (secondary N) is 1. The number of nitrogens with zero attached hydrogens (tertiary/aromatic N) is 1. The number of thioether (sulfide) groups is 2. The highest BCUT2D eigenvalue weighted by Gasteiger charge is 2.46. The molecule has 2 amide bonds. The maximum atomic E-state index is 13.7. The average molecular weight is 591 g/mol. The highest BCUT2D eigenvalue weighted by molar-refractivity contribution is 8.29. The largest absolute Gasteiger partial charge is 0.497 e. The number of thiocarbonyl (C=S) groups is 1. The summed E-state index contributed by atoms with van der Waals surface area (Å²) in [6.07, 6.45) is 0. The van der Waals surface area contributed by atoms with Crippen LogP contribution in [0.5, 0.6) is 5.75 Å². The second kappa shape index (κ2) is 11.0. The van der Waals surface area contributed by atoms with Crippen LogP contribution in [0.1, 0.15) is 19.4 Å². The molecule has 0 unspecified atom stereocenters. The molecule has 1 N–H and O–H groups in total. The third-order valence-electron chi connectivity index (χ3n) is 5.88. The first-order valence-corrected chi connectivity index (χ1v) is 13.6. The van der Waals surface area contributed by atoms with Gasteiger partial charge >= 0.3 is 18.0 Å². The molecule has 0 aliphatic carbocycles. The van der Waals surface area contributed by atoms with Crippen LogP contribution < -0.4 is 15.0 Å². The number of halogens is 1. The summed E-state index contributed by atoms with van der Waals surface area (Å²) in [5.74, 6) is -0.775. The lowest BCUT2D eigenvalue weighted by molar-refractivity contribution is -0.138. The molecule has 2 aliphatic rings. The third kappa shape index (κ3) is 5.03. The van der Waals surface area contributed by atoms with Gasteiger partial charge in [-0.15, -0.1) is 0 Å². The maximum Gasteiger partial charge on any atom is 0.346 e. The molecule has 0 atom stereocenters. The van der Waals surface area contributed by atoms with Gasteiger partial charge in [0.1, 0.15) is 15.6 Å². The summed E-state index contributed by atoms with van der Waals surface area (Å²) < 4.78 is 15.9. The van der Waals surface area contributed by atoms with Gasteiger partial charge in [-0.05, 0) is 50.2 Å². The average Bonchev–Trinajstić information content (AvgIpc) is 3.33. The SMILES string of the molecule is COC(=O)C1=C(C(=O)OC)SC(=C2C(=S)C(C)(C)N(C(=O)Nc3cccc(Cl)c3)c3ccc(OC)cc32)S1. The Hall–Kier alpha value is -2.99. The number of urea groups is 1. The van der Waals surface area contributed by atoms with Crippen LogP contribution in [0.25, 0.3) is 5.57 Å². The van der Waals surface area contributed by atoms with Gasteiger partial charge in [-0.1, -0.05) is 53.4 Å². The molecule has 0 spiro atoms. The third-order valence-corrected chi connectivity index (χ3v) is 9.37. The van der Waals surface area contributed by atoms with Crippen LogP contribution >= 0.6 is 47.3 Å². The van der Waals surface area contributed by atoms with E-state index in [0.717, 1.165) is 23.5 Å². The fraction of sp³-hybridized carbons (Fsp3) is 0.231. The zero-order valence-corrected chi connectivity index (χ0v) is 24.2. The van der Waals surface area contributed by atoms with E-state index >= 15 is 0 Å². The maximum absolute atomic E-state index is 13.7. The van der Waals surface area contributed by atoms with Gasteiger partial charge < -0.3 is 19.5 Å². The molecule has 0 fully saturated rings. The summed E-state index contributed by atoms with van der Waals surface area (Å²) in [5, 5.41) is 3.38. The minimum atomic E-state index is -0.984. The van der Waals surface area contributed by atoms with Crippen LogP contribution in [0, 0.1) is 0 Å². The van der Waals surface area contributed by atoms with Crippen molar-refractivity contribution in [3.05, 3.63) is 67.1 Å². The topological polar surface area (TPSA) is 94.2 Å². The van der Waals surface area contributed by atoms with Gasteiger partial charge in [-0.2, -0.15) is 0 Å². The number of methoxy groups -OCH3 is 3. The molecule has 2 aromatic carbocycles. The Balaban J connectivity index is 1.87. The molecule has 12 heteroatoms. The van der Waals surface area contributed by atoms with Crippen molar-refractivity contribution in [1.82, 2.24) is 0 Å². The number of amides is 2. The van der Waals surface area contributed by atoms with E-state index in [1.54, 1.807) is 47.4 Å². The molecule has 2 aliphatic heterocycles. The van der Waals surface area contributed by atoms with E-state index in [1.165, 1.54) is 21.3 Å². The Labute approximate surface area is 238 Å². The number of hydrogen-bond acceptors (Lipinski definition) is 9. The summed E-state index contributed by atoms with van der Waals surface area (Å²) in [7, 11) is 4.02. The number of esters is 2. The van der Waals surface area contributed by atoms with E-state index in [1.807, 2.05) is 13.8 Å². The van der Waals surface area contributed by atoms with E-state index in [0.29, 0.717) is 42.4 Å². The molecule has 8 nitrogen and oxygen atoms in total. The summed E-state index contributed by atoms with van der Waals surface area (Å²) in [6.45, 7) is 3.67. The Morgan fingerprint density at radius 3 is 2.16 bits per heavy atom. The Kier molecular flexibility index (Phi) is 8.12. The summed E-state index contributed by atoms with van der Waals surface area (Å²) >= 11 is 14.3. The van der Waals surface area contributed by atoms with E-state index in [9.17, 15) is 14.4 Å². The summed E-state index contributed by atoms with van der Waals surface area (Å²) in [4.78, 5) is 40.9. The Bertz CT molecular complexity index is 1410. The first kappa shape index (κ1) is 28.0. The number of carbonyl (C=O) groups excluding carboxylic acids is 3. The van der Waals surface area contributed by atoms with Crippen LogP contribution in [0.15, 0.2) is 56.5 Å². The number of carbonyl (C=O) groups is 3. The minimum absolute atomic E-state index is 0.109. The molecule has 0 saturated carbocycles. The highest BCUT2D eigenvalue weighted by atomic mass is 35.5. The molecule has 2 aromatic rings. The van der Waals surface area contributed by atoms with Gasteiger partial charge in [0, 0.05) is 21.8 Å². The Morgan fingerprint density at radius 2 is 1.61 bits per heavy atom. The van der Waals surface area contributed by atoms with Gasteiger partial charge in [0.2, 0.25) is 0 Å². The highest BCUT2D eigenvalue weighted by Crippen LogP contribution is 2.56. The predicted octanol–water partition coefficient (Wildman–Crippen LogP) is 6.26. The predicted molar refractivity (Wildman–Crippen MR) is 156 cm³/mol. The Morgan fingerprint density at radius 1 is 0.974 bits per heavy atom. The molecular weight excluding hydrogens is 568 g/mol. The fourth-order valence-corrected chi connectivity index (χ4v) is 7.26. The van der Waals surface area contributed by atoms with E-state index in [4.69, 9.17) is 38.0 Å². The first-order chi connectivity index (χ1) is 18.0. The number of fused-ring (bicyclic) bond motifs is 1. The van der Waals surface area contributed by atoms with Gasteiger partial charge in [0.15, 0.2) is 0 Å². The van der Waals surface area contributed by atoms with Gasteiger partial charge in [-0.3, -0.25) is 4.90 Å². The van der Waals surface area contributed by atoms with Crippen LogP contribution in [-0.2, 0) is 19.1 Å². The van der Waals surface area contributed by atoms with E-state index in [-0.39, 0.29) is 9.81 Å². The van der Waals surface area contributed by atoms with Gasteiger partial charge in [0.05, 0.1) is 41.7 Å². The molecule has 4 rings (SSSR count). The van der Waals surface area contributed by atoms with Crippen LogP contribution in [0.2, 0.25) is 5.02 Å². The lowest BCUT2D eigenvalue weighted by atomic mass is 9.83. The van der Waals surface area contributed by atoms with Crippen molar-refractivity contribution in [2.75, 3.05) is 31.5 Å². The molecule has 0 bridgehead atoms. The molecule has 0 aromatic heterocycles. The standard InChI is InChI=1S/C26H23ClN2O6S3/c1-26(2)21(36)18(24-37-19(22(30)34-4)20(38-24)23(31)35-5)16-12-15(33-3)9-10-17(16)29(26)25(32)28-14-8-6-7-13(27)11-14/h6-12H,1-5H3,(H,28,32). The lowest BCUT2D eigenvalue weighted by Crippen LogP contribution is -2.57. The fourth-order valence-electron chi connectivity index (χ4n) is 4.03. The second-order valence-electron chi connectivity index (χ2n) is 8.56. The lowest BCUT2D eigenvalue weighted by Gasteiger charge is -2.45. The zero-order chi connectivity index (χ0) is 27.8. The van der Waals surface area contributed by atoms with E-state index in [2.05, 4.69) is 5.32 Å². The molecule has 2 heterocycles. The van der Waals surface area contributed by atoms with Crippen molar-refractivity contribution in [2.45, 2.75) is 19.4 Å². The monoisotopic (exact) mass is 590 g/mol. The van der Waals surface area contributed by atoms with Crippen molar-refractivity contribution >= 4 is 87.1 Å². The number of hydrogen-bond donors (Lipinski definition) is 1. The van der Waals surface area contributed by atoms with Crippen molar-refractivity contribution in [3.8, 4) is 5.75 Å². The van der Waals surface area contributed by atoms with Crippen LogP contribution in [-0.4, -0.2) is 49.7 Å². The minimum Gasteiger partial charge on any atom is -0.497 e.